The third-order valence-corrected chi connectivity index (χ3v) is 3.92. The van der Waals surface area contributed by atoms with E-state index in [1.54, 1.807) is 6.07 Å². The van der Waals surface area contributed by atoms with E-state index in [1.165, 1.54) is 12.5 Å². The highest BCUT2D eigenvalue weighted by Gasteiger charge is 2.19. The van der Waals surface area contributed by atoms with Crippen molar-refractivity contribution in [2.75, 3.05) is 26.7 Å². The van der Waals surface area contributed by atoms with Crippen molar-refractivity contribution in [3.8, 4) is 0 Å². The van der Waals surface area contributed by atoms with E-state index in [4.69, 9.17) is 9.56 Å². The van der Waals surface area contributed by atoms with Gasteiger partial charge in [0.2, 0.25) is 5.09 Å². The zero-order valence-electron chi connectivity index (χ0n) is 10.4. The van der Waals surface area contributed by atoms with Gasteiger partial charge in [-0.05, 0) is 44.6 Å². The van der Waals surface area contributed by atoms with Crippen molar-refractivity contribution >= 4 is 10.0 Å². The average molecular weight is 273 g/mol. The van der Waals surface area contributed by atoms with Gasteiger partial charge in [0.05, 0.1) is 6.54 Å². The number of rotatable bonds is 5. The summed E-state index contributed by atoms with van der Waals surface area (Å²) in [6, 6.07) is 3.02. The van der Waals surface area contributed by atoms with E-state index >= 15 is 0 Å². The molecule has 3 N–H and O–H groups in total. The van der Waals surface area contributed by atoms with Crippen LogP contribution in [-0.4, -0.2) is 40.0 Å². The number of furan rings is 1. The van der Waals surface area contributed by atoms with E-state index in [0.717, 1.165) is 19.6 Å². The molecule has 1 aromatic heterocycles. The second kappa shape index (κ2) is 5.40. The Balaban J connectivity index is 1.79. The van der Waals surface area contributed by atoms with Gasteiger partial charge in [0.15, 0.2) is 0 Å². The SMILES string of the molecule is CN1CCC(CNCc2ccc(S(N)(=O)=O)o2)C1. The van der Waals surface area contributed by atoms with Gasteiger partial charge in [0, 0.05) is 6.54 Å². The molecule has 7 heteroatoms. The number of hydrogen-bond donors (Lipinski definition) is 2. The molecule has 1 saturated heterocycles. The van der Waals surface area contributed by atoms with Crippen LogP contribution in [-0.2, 0) is 16.6 Å². The first kappa shape index (κ1) is 13.5. The van der Waals surface area contributed by atoms with Gasteiger partial charge in [-0.3, -0.25) is 0 Å². The summed E-state index contributed by atoms with van der Waals surface area (Å²) in [4.78, 5) is 2.30. The van der Waals surface area contributed by atoms with Crippen molar-refractivity contribution in [1.29, 1.82) is 0 Å². The van der Waals surface area contributed by atoms with Crippen LogP contribution in [0.25, 0.3) is 0 Å². The standard InChI is InChI=1S/C11H19N3O3S/c1-14-5-4-9(8-14)6-13-7-10-2-3-11(17-10)18(12,15)16/h2-3,9,13H,4-8H2,1H3,(H2,12,15,16). The van der Waals surface area contributed by atoms with Gasteiger partial charge < -0.3 is 14.6 Å². The molecule has 18 heavy (non-hydrogen) atoms. The summed E-state index contributed by atoms with van der Waals surface area (Å²) in [5.41, 5.74) is 0. The van der Waals surface area contributed by atoms with Crippen LogP contribution < -0.4 is 10.5 Å². The van der Waals surface area contributed by atoms with Crippen molar-refractivity contribution in [3.63, 3.8) is 0 Å². The van der Waals surface area contributed by atoms with Crippen molar-refractivity contribution in [1.82, 2.24) is 10.2 Å². The zero-order chi connectivity index (χ0) is 13.2. The first-order valence-corrected chi connectivity index (χ1v) is 7.50. The van der Waals surface area contributed by atoms with Crippen molar-refractivity contribution in [2.45, 2.75) is 18.1 Å². The minimum Gasteiger partial charge on any atom is -0.447 e. The highest BCUT2D eigenvalue weighted by atomic mass is 32.2. The van der Waals surface area contributed by atoms with Gasteiger partial charge in [-0.2, -0.15) is 0 Å². The smallest absolute Gasteiger partial charge is 0.271 e. The summed E-state index contributed by atoms with van der Waals surface area (Å²) in [7, 11) is -1.62. The largest absolute Gasteiger partial charge is 0.447 e. The molecular weight excluding hydrogens is 254 g/mol. The number of nitrogens with zero attached hydrogens (tertiary/aromatic N) is 1. The molecule has 2 heterocycles. The predicted octanol–water partition coefficient (Wildman–Crippen LogP) is -0.0317. The lowest BCUT2D eigenvalue weighted by Gasteiger charge is -2.10. The van der Waals surface area contributed by atoms with Gasteiger partial charge in [-0.25, -0.2) is 13.6 Å². The van der Waals surface area contributed by atoms with Crippen LogP contribution in [0.5, 0.6) is 0 Å². The summed E-state index contributed by atoms with van der Waals surface area (Å²) >= 11 is 0. The fourth-order valence-electron chi connectivity index (χ4n) is 2.20. The molecule has 0 bridgehead atoms. The number of likely N-dealkylation sites (tertiary alicyclic amines) is 1. The minimum absolute atomic E-state index is 0.181. The Morgan fingerprint density at radius 1 is 1.56 bits per heavy atom. The molecule has 0 spiro atoms. The lowest BCUT2D eigenvalue weighted by atomic mass is 10.1. The first-order valence-electron chi connectivity index (χ1n) is 5.96. The van der Waals surface area contributed by atoms with Crippen LogP contribution in [0.15, 0.2) is 21.6 Å². The van der Waals surface area contributed by atoms with Crippen LogP contribution >= 0.6 is 0 Å². The van der Waals surface area contributed by atoms with Crippen LogP contribution in [0, 0.1) is 5.92 Å². The van der Waals surface area contributed by atoms with E-state index in [2.05, 4.69) is 17.3 Å². The normalized spacial score (nSPS) is 21.6. The molecule has 1 fully saturated rings. The molecule has 1 aliphatic heterocycles. The van der Waals surface area contributed by atoms with Crippen LogP contribution in [0.4, 0.5) is 0 Å². The third-order valence-electron chi connectivity index (χ3n) is 3.14. The fraction of sp³-hybridized carbons (Fsp3) is 0.636. The average Bonchev–Trinajstić information content (AvgIpc) is 2.87. The molecular formula is C11H19N3O3S. The molecule has 0 aromatic carbocycles. The van der Waals surface area contributed by atoms with Crippen molar-refractivity contribution in [3.05, 3.63) is 17.9 Å². The molecule has 0 amide bonds. The van der Waals surface area contributed by atoms with Gasteiger partial charge in [-0.15, -0.1) is 0 Å². The zero-order valence-corrected chi connectivity index (χ0v) is 11.2. The number of primary sulfonamides is 1. The Labute approximate surface area is 107 Å². The molecule has 2 rings (SSSR count). The summed E-state index contributed by atoms with van der Waals surface area (Å²) < 4.78 is 27.2. The monoisotopic (exact) mass is 273 g/mol. The summed E-state index contributed by atoms with van der Waals surface area (Å²) in [6.07, 6.45) is 1.20. The van der Waals surface area contributed by atoms with Gasteiger partial charge >= 0.3 is 0 Å². The lowest BCUT2D eigenvalue weighted by molar-refractivity contribution is 0.374. The number of sulfonamides is 1. The Morgan fingerprint density at radius 3 is 2.89 bits per heavy atom. The van der Waals surface area contributed by atoms with Crippen molar-refractivity contribution in [2.24, 2.45) is 11.1 Å². The highest BCUT2D eigenvalue weighted by Crippen LogP contribution is 2.14. The molecule has 0 radical (unpaired) electrons. The molecule has 1 aliphatic rings. The van der Waals surface area contributed by atoms with Crippen molar-refractivity contribution < 1.29 is 12.8 Å². The molecule has 102 valence electrons. The minimum atomic E-state index is -3.73. The van der Waals surface area contributed by atoms with E-state index < -0.39 is 10.0 Å². The Bertz CT molecular complexity index is 497. The van der Waals surface area contributed by atoms with Gasteiger partial charge in [-0.1, -0.05) is 0 Å². The number of hydrogen-bond acceptors (Lipinski definition) is 5. The number of nitrogens with one attached hydrogen (secondary N) is 1. The topological polar surface area (TPSA) is 88.6 Å². The summed E-state index contributed by atoms with van der Waals surface area (Å²) in [5.74, 6) is 1.24. The van der Waals surface area contributed by atoms with Crippen LogP contribution in [0.1, 0.15) is 12.2 Å². The molecule has 0 aliphatic carbocycles. The first-order chi connectivity index (χ1) is 8.45. The second-order valence-corrected chi connectivity index (χ2v) is 6.31. The Morgan fingerprint density at radius 2 is 2.33 bits per heavy atom. The third kappa shape index (κ3) is 3.55. The molecule has 0 saturated carbocycles. The molecule has 1 atom stereocenters. The van der Waals surface area contributed by atoms with Gasteiger partial charge in [0.25, 0.3) is 10.0 Å². The number of nitrogens with two attached hydrogens (primary N) is 1. The highest BCUT2D eigenvalue weighted by molar-refractivity contribution is 7.89. The molecule has 6 nitrogen and oxygen atoms in total. The molecule has 1 aromatic rings. The quantitative estimate of drug-likeness (QED) is 0.786. The summed E-state index contributed by atoms with van der Waals surface area (Å²) in [6.45, 7) is 3.68. The maximum absolute atomic E-state index is 11.0. The maximum Gasteiger partial charge on any atom is 0.271 e. The Hall–Kier alpha value is -0.890. The van der Waals surface area contributed by atoms with Crippen LogP contribution in [0.3, 0.4) is 0 Å². The fourth-order valence-corrected chi connectivity index (χ4v) is 2.68. The van der Waals surface area contributed by atoms with E-state index in [9.17, 15) is 8.42 Å². The maximum atomic E-state index is 11.0. The lowest BCUT2D eigenvalue weighted by Crippen LogP contribution is -2.24. The van der Waals surface area contributed by atoms with E-state index in [-0.39, 0.29) is 5.09 Å². The summed E-state index contributed by atoms with van der Waals surface area (Å²) in [5, 5.41) is 8.06. The van der Waals surface area contributed by atoms with E-state index in [0.29, 0.717) is 18.2 Å². The van der Waals surface area contributed by atoms with Gasteiger partial charge in [0.1, 0.15) is 5.76 Å². The molecule has 1 unspecified atom stereocenters. The van der Waals surface area contributed by atoms with Crippen LogP contribution in [0.2, 0.25) is 0 Å². The second-order valence-electron chi connectivity index (χ2n) is 4.81. The predicted molar refractivity (Wildman–Crippen MR) is 67.4 cm³/mol. The Kier molecular flexibility index (Phi) is 4.06. The van der Waals surface area contributed by atoms with E-state index in [1.807, 2.05) is 0 Å².